The van der Waals surface area contributed by atoms with Crippen molar-refractivity contribution in [2.45, 2.75) is 180 Å². The monoisotopic (exact) mass is 740 g/mol. The molecule has 9 heteroatoms. The van der Waals surface area contributed by atoms with Gasteiger partial charge in [0, 0.05) is 19.6 Å². The summed E-state index contributed by atoms with van der Waals surface area (Å²) in [5, 5.41) is 0. The Morgan fingerprint density at radius 1 is 0.725 bits per heavy atom. The fourth-order valence-corrected chi connectivity index (χ4v) is 11.1. The third-order valence-corrected chi connectivity index (χ3v) is 14.3. The first-order valence-corrected chi connectivity index (χ1v) is 23.4. The molecule has 4 aliphatic rings. The largest absolute Gasteiger partial charge is 0.472 e. The molecule has 0 aromatic rings. The predicted octanol–water partition coefficient (Wildman–Crippen LogP) is 10.8. The number of esters is 1. The third kappa shape index (κ3) is 14.9. The summed E-state index contributed by atoms with van der Waals surface area (Å²) in [4.78, 5) is 22.4. The van der Waals surface area contributed by atoms with Crippen LogP contribution in [-0.2, 0) is 27.9 Å². The first-order valence-electron chi connectivity index (χ1n) is 21.9. The van der Waals surface area contributed by atoms with Crippen molar-refractivity contribution in [3.8, 4) is 0 Å². The lowest BCUT2D eigenvalue weighted by Crippen LogP contribution is -2.69. The van der Waals surface area contributed by atoms with Gasteiger partial charge in [-0.15, -0.1) is 0 Å². The summed E-state index contributed by atoms with van der Waals surface area (Å²) in [7, 11) is -4.24. The van der Waals surface area contributed by atoms with Crippen molar-refractivity contribution in [1.29, 1.82) is 0 Å². The molecule has 4 fully saturated rings. The average molecular weight is 740 g/mol. The van der Waals surface area contributed by atoms with E-state index >= 15 is 0 Å². The number of hydrogen-bond donors (Lipinski definition) is 2. The summed E-state index contributed by atoms with van der Waals surface area (Å²) in [6.07, 6.45) is 30.9. The van der Waals surface area contributed by atoms with Gasteiger partial charge in [0.25, 0.3) is 0 Å². The molecular weight excluding hydrogens is 661 g/mol. The van der Waals surface area contributed by atoms with Crippen LogP contribution in [0.1, 0.15) is 174 Å². The van der Waals surface area contributed by atoms with Gasteiger partial charge in [0.1, 0.15) is 12.7 Å². The molecule has 9 unspecified atom stereocenters. The van der Waals surface area contributed by atoms with Crippen LogP contribution in [0.4, 0.5) is 0 Å². The van der Waals surface area contributed by atoms with Crippen LogP contribution in [0.15, 0.2) is 0 Å². The normalized spacial score (nSPS) is 28.6. The quantitative estimate of drug-likeness (QED) is 0.0398. The highest BCUT2D eigenvalue weighted by atomic mass is 31.2. The fourth-order valence-electron chi connectivity index (χ4n) is 10.3. The second-order valence-corrected chi connectivity index (χ2v) is 18.6. The number of rotatable bonds is 32. The molecule has 0 aromatic carbocycles. The molecule has 4 aliphatic carbocycles. The number of nitrogens with two attached hydrogens (primary N) is 1. The zero-order valence-corrected chi connectivity index (χ0v) is 33.7. The summed E-state index contributed by atoms with van der Waals surface area (Å²) in [5.41, 5.74) is 5.39. The smallest absolute Gasteiger partial charge is 0.463 e. The molecule has 0 spiro atoms. The minimum atomic E-state index is -4.24. The van der Waals surface area contributed by atoms with Crippen molar-refractivity contribution in [3.05, 3.63) is 0 Å². The Morgan fingerprint density at radius 3 is 2.00 bits per heavy atom. The maximum Gasteiger partial charge on any atom is 0.472 e. The summed E-state index contributed by atoms with van der Waals surface area (Å²) < 4.78 is 33.7. The van der Waals surface area contributed by atoms with E-state index < -0.39 is 13.9 Å². The van der Waals surface area contributed by atoms with E-state index in [9.17, 15) is 14.3 Å². The topological polar surface area (TPSA) is 117 Å². The summed E-state index contributed by atoms with van der Waals surface area (Å²) >= 11 is 0. The summed E-state index contributed by atoms with van der Waals surface area (Å²) in [6, 6.07) is 0. The van der Waals surface area contributed by atoms with E-state index in [0.717, 1.165) is 79.4 Å². The first kappa shape index (κ1) is 43.2. The van der Waals surface area contributed by atoms with Gasteiger partial charge in [-0.3, -0.25) is 13.8 Å². The molecule has 0 saturated heterocycles. The second-order valence-electron chi connectivity index (χ2n) is 17.2. The minimum Gasteiger partial charge on any atom is -0.463 e. The molecule has 298 valence electrons. The third-order valence-electron chi connectivity index (χ3n) is 13.3. The number of unbranched alkanes of at least 4 members (excludes halogenated alkanes) is 13. The summed E-state index contributed by atoms with van der Waals surface area (Å²) in [5.74, 6) is 8.39. The molecule has 0 amide bonds. The highest BCUT2D eigenvalue weighted by Gasteiger charge is 2.68. The Kier molecular flexibility index (Phi) is 20.4. The fraction of sp³-hybridized carbons (Fsp3) is 0.976. The number of phosphoric acid groups is 1. The molecule has 0 radical (unpaired) electrons. The first-order chi connectivity index (χ1) is 24.8. The van der Waals surface area contributed by atoms with Gasteiger partial charge in [-0.2, -0.15) is 0 Å². The molecule has 0 aromatic heterocycles. The Bertz CT molecular complexity index is 992. The highest BCUT2D eigenvalue weighted by molar-refractivity contribution is 7.47. The Balaban J connectivity index is 0.987. The summed E-state index contributed by atoms with van der Waals surface area (Å²) in [6.45, 7) is 5.01. The molecule has 0 aliphatic heterocycles. The molecule has 51 heavy (non-hydrogen) atoms. The zero-order valence-electron chi connectivity index (χ0n) is 32.8. The van der Waals surface area contributed by atoms with E-state index in [1.54, 1.807) is 12.8 Å². The van der Waals surface area contributed by atoms with Crippen molar-refractivity contribution >= 4 is 13.8 Å². The van der Waals surface area contributed by atoms with Crippen LogP contribution in [-0.4, -0.2) is 49.9 Å². The van der Waals surface area contributed by atoms with Gasteiger partial charge in [0.15, 0.2) is 0 Å². The van der Waals surface area contributed by atoms with Crippen LogP contribution in [0.5, 0.6) is 0 Å². The predicted molar refractivity (Wildman–Crippen MR) is 206 cm³/mol. The van der Waals surface area contributed by atoms with Crippen LogP contribution in [0.2, 0.25) is 0 Å². The lowest BCUT2D eigenvalue weighted by molar-refractivity contribution is -0.264. The SMILES string of the molecule is CCCCCCC(C)CCCCCCCCC(=O)OC[C@H](COP(=O)(O)OCCN)OCCCCCCCCC1CCC2C(C1)C1C3CCC3C21. The van der Waals surface area contributed by atoms with E-state index in [-0.39, 0.29) is 32.3 Å². The standard InChI is InChI=1S/C42H78NO7P/c1-3-4-5-14-19-33(2)20-15-10-6-7-12-17-22-40(44)48-31-35(32-50-51(45,46)49-29-27-43)47-28-18-13-9-8-11-16-21-34-23-24-38-39(30-34)42-37-26-25-36(37)41(38)42/h33-39,41-42H,3-32,43H2,1-2H3,(H,45,46)/t33?,34?,35-,36?,37?,38?,39?,41?,42?/m1/s1. The van der Waals surface area contributed by atoms with Gasteiger partial charge < -0.3 is 20.1 Å². The minimum absolute atomic E-state index is 0.00222. The lowest BCUT2D eigenvalue weighted by Gasteiger charge is -2.74. The van der Waals surface area contributed by atoms with Crippen molar-refractivity contribution < 1.29 is 32.8 Å². The highest BCUT2D eigenvalue weighted by Crippen LogP contribution is 2.74. The molecule has 3 N–H and O–H groups in total. The van der Waals surface area contributed by atoms with Crippen molar-refractivity contribution in [3.63, 3.8) is 0 Å². The van der Waals surface area contributed by atoms with Gasteiger partial charge in [0.2, 0.25) is 0 Å². The number of fused-ring (bicyclic) bond motifs is 7. The number of carbonyl (C=O) groups excluding carboxylic acids is 1. The Hall–Kier alpha value is -0.500. The Morgan fingerprint density at radius 2 is 1.31 bits per heavy atom. The molecule has 0 heterocycles. The van der Waals surface area contributed by atoms with Gasteiger partial charge in [-0.05, 0) is 85.9 Å². The Labute approximate surface area is 312 Å². The van der Waals surface area contributed by atoms with Crippen LogP contribution in [0, 0.1) is 47.3 Å². The molecule has 10 atom stereocenters. The van der Waals surface area contributed by atoms with E-state index in [1.807, 2.05) is 0 Å². The van der Waals surface area contributed by atoms with E-state index in [2.05, 4.69) is 13.8 Å². The van der Waals surface area contributed by atoms with Crippen molar-refractivity contribution in [2.75, 3.05) is 33.0 Å². The number of ether oxygens (including phenoxy) is 2. The lowest BCUT2D eigenvalue weighted by atomic mass is 9.30. The van der Waals surface area contributed by atoms with Crippen molar-refractivity contribution in [2.24, 2.45) is 53.1 Å². The number of phosphoric ester groups is 1. The van der Waals surface area contributed by atoms with E-state index in [1.165, 1.54) is 109 Å². The number of hydrogen-bond acceptors (Lipinski definition) is 7. The molecule has 4 saturated carbocycles. The van der Waals surface area contributed by atoms with Gasteiger partial charge in [-0.1, -0.05) is 129 Å². The van der Waals surface area contributed by atoms with Crippen LogP contribution < -0.4 is 5.73 Å². The maximum atomic E-state index is 12.5. The van der Waals surface area contributed by atoms with Crippen molar-refractivity contribution in [1.82, 2.24) is 0 Å². The van der Waals surface area contributed by atoms with Gasteiger partial charge in [0.05, 0.1) is 13.2 Å². The van der Waals surface area contributed by atoms with Gasteiger partial charge >= 0.3 is 13.8 Å². The number of carbonyl (C=O) groups is 1. The van der Waals surface area contributed by atoms with Crippen LogP contribution >= 0.6 is 7.82 Å². The van der Waals surface area contributed by atoms with Gasteiger partial charge in [-0.25, -0.2) is 4.57 Å². The molecule has 4 rings (SSSR count). The molecule has 0 bridgehead atoms. The van der Waals surface area contributed by atoms with Crippen LogP contribution in [0.3, 0.4) is 0 Å². The van der Waals surface area contributed by atoms with Crippen LogP contribution in [0.25, 0.3) is 0 Å². The van der Waals surface area contributed by atoms with E-state index in [0.29, 0.717) is 13.0 Å². The maximum absolute atomic E-state index is 12.5. The van der Waals surface area contributed by atoms with E-state index in [4.69, 9.17) is 24.3 Å². The second kappa shape index (κ2) is 24.1. The molecule has 8 nitrogen and oxygen atoms in total. The molecular formula is C42H78NO7P. The average Bonchev–Trinajstić information content (AvgIpc) is 3.11. The zero-order chi connectivity index (χ0) is 36.3.